The molecule has 110 valence electrons. The van der Waals surface area contributed by atoms with Crippen LogP contribution in [0.25, 0.3) is 0 Å². The van der Waals surface area contributed by atoms with Gasteiger partial charge in [-0.2, -0.15) is 4.98 Å². The van der Waals surface area contributed by atoms with Gasteiger partial charge in [0.1, 0.15) is 0 Å². The zero-order chi connectivity index (χ0) is 14.3. The molecule has 1 atom stereocenters. The molecule has 1 aromatic heterocycles. The van der Waals surface area contributed by atoms with Gasteiger partial charge in [0.15, 0.2) is 5.82 Å². The van der Waals surface area contributed by atoms with E-state index >= 15 is 0 Å². The Morgan fingerprint density at radius 1 is 1.10 bits per heavy atom. The predicted molar refractivity (Wildman–Crippen MR) is 79.9 cm³/mol. The number of nitrogens with two attached hydrogens (primary N) is 1. The number of rotatable bonds is 2. The van der Waals surface area contributed by atoms with Gasteiger partial charge in [-0.25, -0.2) is 0 Å². The Hall–Kier alpha value is -1.68. The van der Waals surface area contributed by atoms with Crippen LogP contribution in [0.3, 0.4) is 0 Å². The highest BCUT2D eigenvalue weighted by atomic mass is 16.5. The fraction of sp³-hybridized carbons (Fsp3) is 0.529. The predicted octanol–water partition coefficient (Wildman–Crippen LogP) is 3.27. The number of hydrogen-bond acceptors (Lipinski definition) is 4. The van der Waals surface area contributed by atoms with E-state index in [0.717, 1.165) is 38.0 Å². The minimum absolute atomic E-state index is 0.261. The molecule has 1 heterocycles. The van der Waals surface area contributed by atoms with Gasteiger partial charge in [-0.15, -0.1) is 0 Å². The van der Waals surface area contributed by atoms with Crippen LogP contribution in [0.15, 0.2) is 28.8 Å². The molecule has 0 radical (unpaired) electrons. The Morgan fingerprint density at radius 2 is 1.86 bits per heavy atom. The van der Waals surface area contributed by atoms with Gasteiger partial charge in [-0.1, -0.05) is 55.1 Å². The fourth-order valence-corrected chi connectivity index (χ4v) is 3.64. The first kappa shape index (κ1) is 13.0. The van der Waals surface area contributed by atoms with Crippen LogP contribution < -0.4 is 5.73 Å². The second kappa shape index (κ2) is 4.95. The van der Waals surface area contributed by atoms with Crippen molar-refractivity contribution in [1.29, 1.82) is 0 Å². The van der Waals surface area contributed by atoms with Crippen LogP contribution in [0.4, 0.5) is 0 Å². The molecule has 1 aromatic carbocycles. The van der Waals surface area contributed by atoms with E-state index in [1.807, 2.05) is 0 Å². The molecule has 1 fully saturated rings. The lowest BCUT2D eigenvalue weighted by atomic mass is 9.77. The van der Waals surface area contributed by atoms with Crippen molar-refractivity contribution in [3.63, 3.8) is 0 Å². The Balaban J connectivity index is 1.59. The molecule has 4 nitrogen and oxygen atoms in total. The molecule has 0 saturated heterocycles. The lowest BCUT2D eigenvalue weighted by molar-refractivity contribution is 0.318. The maximum atomic E-state index is 6.56. The molecule has 4 heteroatoms. The standard InChI is InChI=1S/C17H21N3O/c18-17(9-5-1-2-6-10-17)16-19-15(21-20-16)14-11-12-7-3-4-8-13(12)14/h3-4,7-8,14H,1-2,5-6,9-11,18H2. The average Bonchev–Trinajstić information content (AvgIpc) is 2.84. The third kappa shape index (κ3) is 2.18. The Bertz CT molecular complexity index is 641. The number of fused-ring (bicyclic) bond motifs is 1. The lowest BCUT2D eigenvalue weighted by Crippen LogP contribution is -2.37. The molecule has 4 rings (SSSR count). The van der Waals surface area contributed by atoms with E-state index in [-0.39, 0.29) is 11.5 Å². The second-order valence-electron chi connectivity index (χ2n) is 6.48. The molecule has 0 bridgehead atoms. The minimum atomic E-state index is -0.387. The normalized spacial score (nSPS) is 24.0. The SMILES string of the molecule is NC1(c2noc(C3Cc4ccccc43)n2)CCCCCC1. The number of nitrogens with zero attached hydrogens (tertiary/aromatic N) is 2. The van der Waals surface area contributed by atoms with E-state index in [4.69, 9.17) is 10.3 Å². The van der Waals surface area contributed by atoms with Crippen molar-refractivity contribution in [1.82, 2.24) is 10.1 Å². The molecule has 0 spiro atoms. The minimum Gasteiger partial charge on any atom is -0.339 e. The van der Waals surface area contributed by atoms with Crippen LogP contribution >= 0.6 is 0 Å². The first-order chi connectivity index (χ1) is 10.3. The number of aromatic nitrogens is 2. The molecule has 2 aliphatic rings. The van der Waals surface area contributed by atoms with Gasteiger partial charge in [-0.05, 0) is 30.4 Å². The summed E-state index contributed by atoms with van der Waals surface area (Å²) in [4.78, 5) is 4.67. The zero-order valence-electron chi connectivity index (χ0n) is 12.2. The van der Waals surface area contributed by atoms with E-state index in [1.54, 1.807) is 0 Å². The maximum Gasteiger partial charge on any atom is 0.234 e. The Morgan fingerprint density at radius 3 is 2.62 bits per heavy atom. The molecule has 2 aromatic rings. The summed E-state index contributed by atoms with van der Waals surface area (Å²) in [6, 6.07) is 8.46. The van der Waals surface area contributed by atoms with Gasteiger partial charge < -0.3 is 10.3 Å². The molecule has 2 N–H and O–H groups in total. The molecule has 0 aliphatic heterocycles. The summed E-state index contributed by atoms with van der Waals surface area (Å²) in [6.07, 6.45) is 7.77. The summed E-state index contributed by atoms with van der Waals surface area (Å²) in [5.41, 5.74) is 8.88. The van der Waals surface area contributed by atoms with E-state index in [1.165, 1.54) is 24.0 Å². The summed E-state index contributed by atoms with van der Waals surface area (Å²) in [5, 5.41) is 4.22. The highest BCUT2D eigenvalue weighted by molar-refractivity contribution is 5.43. The van der Waals surface area contributed by atoms with Crippen LogP contribution in [0.1, 0.15) is 67.3 Å². The van der Waals surface area contributed by atoms with Gasteiger partial charge in [0.2, 0.25) is 5.89 Å². The van der Waals surface area contributed by atoms with E-state index in [2.05, 4.69) is 34.4 Å². The molecule has 2 aliphatic carbocycles. The summed E-state index contributed by atoms with van der Waals surface area (Å²) in [5.74, 6) is 1.71. The summed E-state index contributed by atoms with van der Waals surface area (Å²) in [7, 11) is 0. The van der Waals surface area contributed by atoms with Gasteiger partial charge in [-0.3, -0.25) is 0 Å². The lowest BCUT2D eigenvalue weighted by Gasteiger charge is -2.27. The van der Waals surface area contributed by atoms with E-state index < -0.39 is 0 Å². The third-order valence-electron chi connectivity index (χ3n) is 5.04. The largest absolute Gasteiger partial charge is 0.339 e. The number of hydrogen-bond donors (Lipinski definition) is 1. The van der Waals surface area contributed by atoms with Crippen LogP contribution in [-0.2, 0) is 12.0 Å². The summed E-state index contributed by atoms with van der Waals surface area (Å²) < 4.78 is 5.54. The van der Waals surface area contributed by atoms with E-state index in [0.29, 0.717) is 5.82 Å². The topological polar surface area (TPSA) is 64.9 Å². The average molecular weight is 283 g/mol. The third-order valence-corrected chi connectivity index (χ3v) is 5.04. The first-order valence-electron chi connectivity index (χ1n) is 7.97. The second-order valence-corrected chi connectivity index (χ2v) is 6.48. The van der Waals surface area contributed by atoms with Crippen molar-refractivity contribution in [2.45, 2.75) is 56.4 Å². The summed E-state index contributed by atoms with van der Waals surface area (Å²) >= 11 is 0. The highest BCUT2D eigenvalue weighted by Crippen LogP contribution is 2.40. The van der Waals surface area contributed by atoms with Crippen LogP contribution in [0, 0.1) is 0 Å². The van der Waals surface area contributed by atoms with Crippen molar-refractivity contribution >= 4 is 0 Å². The van der Waals surface area contributed by atoms with Gasteiger partial charge in [0.05, 0.1) is 11.5 Å². The Kier molecular flexibility index (Phi) is 3.07. The molecule has 21 heavy (non-hydrogen) atoms. The van der Waals surface area contributed by atoms with Crippen molar-refractivity contribution in [3.8, 4) is 0 Å². The van der Waals surface area contributed by atoms with Crippen molar-refractivity contribution in [2.75, 3.05) is 0 Å². The molecular weight excluding hydrogens is 262 g/mol. The van der Waals surface area contributed by atoms with Gasteiger partial charge in [0, 0.05) is 0 Å². The number of benzene rings is 1. The molecule has 0 amide bonds. The van der Waals surface area contributed by atoms with Crippen molar-refractivity contribution < 1.29 is 4.52 Å². The first-order valence-corrected chi connectivity index (χ1v) is 7.97. The van der Waals surface area contributed by atoms with Crippen LogP contribution in [0.5, 0.6) is 0 Å². The molecular formula is C17H21N3O. The van der Waals surface area contributed by atoms with Crippen molar-refractivity contribution in [2.24, 2.45) is 5.73 Å². The van der Waals surface area contributed by atoms with Crippen molar-refractivity contribution in [3.05, 3.63) is 47.1 Å². The monoisotopic (exact) mass is 283 g/mol. The highest BCUT2D eigenvalue weighted by Gasteiger charge is 2.36. The fourth-order valence-electron chi connectivity index (χ4n) is 3.64. The quantitative estimate of drug-likeness (QED) is 0.859. The Labute approximate surface area is 124 Å². The van der Waals surface area contributed by atoms with Gasteiger partial charge in [0.25, 0.3) is 0 Å². The van der Waals surface area contributed by atoms with E-state index in [9.17, 15) is 0 Å². The zero-order valence-corrected chi connectivity index (χ0v) is 12.2. The smallest absolute Gasteiger partial charge is 0.234 e. The van der Waals surface area contributed by atoms with Crippen LogP contribution in [0.2, 0.25) is 0 Å². The summed E-state index contributed by atoms with van der Waals surface area (Å²) in [6.45, 7) is 0. The van der Waals surface area contributed by atoms with Crippen LogP contribution in [-0.4, -0.2) is 10.1 Å². The van der Waals surface area contributed by atoms with Gasteiger partial charge >= 0.3 is 0 Å². The molecule has 1 unspecified atom stereocenters. The maximum absolute atomic E-state index is 6.56. The molecule has 1 saturated carbocycles.